The van der Waals surface area contributed by atoms with Gasteiger partial charge in [0.15, 0.2) is 0 Å². The number of piperidine rings is 1. The largest absolute Gasteiger partial charge is 0.466 e. The summed E-state index contributed by atoms with van der Waals surface area (Å²) in [6.45, 7) is 7.47. The lowest BCUT2D eigenvalue weighted by molar-refractivity contribution is -0.150. The summed E-state index contributed by atoms with van der Waals surface area (Å²) in [5.74, 6) is 1.45. The third kappa shape index (κ3) is 3.73. The summed E-state index contributed by atoms with van der Waals surface area (Å²) < 4.78 is 5.20. The van der Waals surface area contributed by atoms with E-state index >= 15 is 0 Å². The van der Waals surface area contributed by atoms with Gasteiger partial charge in [0.2, 0.25) is 0 Å². The van der Waals surface area contributed by atoms with Crippen LogP contribution in [0.2, 0.25) is 0 Å². The summed E-state index contributed by atoms with van der Waals surface area (Å²) >= 11 is 0. The molecule has 2 N–H and O–H groups in total. The molecule has 0 radical (unpaired) electrons. The molecular formula is C16H30N2O2. The molecule has 0 aromatic heterocycles. The van der Waals surface area contributed by atoms with Crippen molar-refractivity contribution < 1.29 is 9.53 Å². The zero-order chi connectivity index (χ0) is 14.5. The van der Waals surface area contributed by atoms with Gasteiger partial charge < -0.3 is 10.5 Å². The molecule has 0 aromatic carbocycles. The van der Waals surface area contributed by atoms with Crippen molar-refractivity contribution in [1.29, 1.82) is 0 Å². The molecule has 4 atom stereocenters. The van der Waals surface area contributed by atoms with Gasteiger partial charge in [-0.25, -0.2) is 0 Å². The second kappa shape index (κ2) is 7.41. The molecule has 0 spiro atoms. The van der Waals surface area contributed by atoms with Crippen LogP contribution >= 0.6 is 0 Å². The Morgan fingerprint density at radius 1 is 1.35 bits per heavy atom. The van der Waals surface area contributed by atoms with Crippen LogP contribution in [0.15, 0.2) is 0 Å². The Bertz CT molecular complexity index is 322. The number of ether oxygens (including phenoxy) is 1. The first-order valence-corrected chi connectivity index (χ1v) is 8.26. The Labute approximate surface area is 123 Å². The van der Waals surface area contributed by atoms with E-state index in [-0.39, 0.29) is 11.9 Å². The maximum atomic E-state index is 12.0. The summed E-state index contributed by atoms with van der Waals surface area (Å²) in [5.41, 5.74) is 5.97. The molecule has 20 heavy (non-hydrogen) atoms. The van der Waals surface area contributed by atoms with Crippen LogP contribution in [-0.4, -0.2) is 43.2 Å². The van der Waals surface area contributed by atoms with Gasteiger partial charge in [-0.3, -0.25) is 9.69 Å². The first-order chi connectivity index (χ1) is 9.65. The van der Waals surface area contributed by atoms with Gasteiger partial charge in [-0.05, 0) is 57.5 Å². The molecule has 4 unspecified atom stereocenters. The number of hydrogen-bond donors (Lipinski definition) is 1. The highest BCUT2D eigenvalue weighted by Gasteiger charge is 2.36. The minimum absolute atomic E-state index is 0.00893. The van der Waals surface area contributed by atoms with Crippen LogP contribution in [0.4, 0.5) is 0 Å². The van der Waals surface area contributed by atoms with E-state index < -0.39 is 0 Å². The second-order valence-electron chi connectivity index (χ2n) is 6.57. The molecule has 1 aliphatic heterocycles. The highest BCUT2D eigenvalue weighted by atomic mass is 16.5. The van der Waals surface area contributed by atoms with Gasteiger partial charge in [-0.15, -0.1) is 0 Å². The molecule has 1 saturated heterocycles. The van der Waals surface area contributed by atoms with Crippen LogP contribution in [0, 0.1) is 17.8 Å². The van der Waals surface area contributed by atoms with Gasteiger partial charge in [-0.2, -0.15) is 0 Å². The molecule has 4 nitrogen and oxygen atoms in total. The summed E-state index contributed by atoms with van der Waals surface area (Å²) in [6, 6.07) is 0.570. The van der Waals surface area contributed by atoms with Crippen molar-refractivity contribution >= 4 is 5.97 Å². The maximum Gasteiger partial charge on any atom is 0.310 e. The number of esters is 1. The van der Waals surface area contributed by atoms with Gasteiger partial charge in [-0.1, -0.05) is 13.3 Å². The number of carbonyl (C=O) groups is 1. The van der Waals surface area contributed by atoms with Crippen molar-refractivity contribution in [3.05, 3.63) is 0 Å². The Morgan fingerprint density at radius 3 is 2.85 bits per heavy atom. The molecule has 1 saturated carbocycles. The predicted octanol–water partition coefficient (Wildman–Crippen LogP) is 2.02. The Kier molecular flexibility index (Phi) is 5.85. The number of likely N-dealkylation sites (tertiary alicyclic amines) is 1. The van der Waals surface area contributed by atoms with Crippen molar-refractivity contribution in [3.63, 3.8) is 0 Å². The highest BCUT2D eigenvalue weighted by molar-refractivity contribution is 5.72. The minimum Gasteiger partial charge on any atom is -0.466 e. The normalized spacial score (nSPS) is 35.8. The first kappa shape index (κ1) is 15.8. The van der Waals surface area contributed by atoms with Crippen molar-refractivity contribution in [2.75, 3.05) is 26.2 Å². The number of rotatable bonds is 4. The zero-order valence-corrected chi connectivity index (χ0v) is 13.0. The monoisotopic (exact) mass is 282 g/mol. The lowest BCUT2D eigenvalue weighted by Crippen LogP contribution is -2.51. The second-order valence-corrected chi connectivity index (χ2v) is 6.57. The van der Waals surface area contributed by atoms with Gasteiger partial charge in [0.05, 0.1) is 12.5 Å². The summed E-state index contributed by atoms with van der Waals surface area (Å²) in [4.78, 5) is 14.5. The molecule has 4 heteroatoms. The van der Waals surface area contributed by atoms with Crippen molar-refractivity contribution in [3.8, 4) is 0 Å². The summed E-state index contributed by atoms with van der Waals surface area (Å²) in [6.07, 6.45) is 5.85. The molecule has 116 valence electrons. The van der Waals surface area contributed by atoms with E-state index in [1.54, 1.807) is 0 Å². The van der Waals surface area contributed by atoms with Gasteiger partial charge >= 0.3 is 5.97 Å². The van der Waals surface area contributed by atoms with Crippen LogP contribution in [0.1, 0.15) is 46.0 Å². The van der Waals surface area contributed by atoms with Gasteiger partial charge in [0.25, 0.3) is 0 Å². The number of nitrogens with zero attached hydrogens (tertiary/aromatic N) is 1. The lowest BCUT2D eigenvalue weighted by Gasteiger charge is -2.44. The molecule has 0 bridgehead atoms. The van der Waals surface area contributed by atoms with Crippen LogP contribution in [0.25, 0.3) is 0 Å². The maximum absolute atomic E-state index is 12.0. The van der Waals surface area contributed by atoms with Gasteiger partial charge in [0.1, 0.15) is 0 Å². The van der Waals surface area contributed by atoms with E-state index in [4.69, 9.17) is 10.5 Å². The Hall–Kier alpha value is -0.610. The zero-order valence-electron chi connectivity index (χ0n) is 13.0. The van der Waals surface area contributed by atoms with Crippen molar-refractivity contribution in [2.24, 2.45) is 23.5 Å². The molecular weight excluding hydrogens is 252 g/mol. The average Bonchev–Trinajstić information content (AvgIpc) is 2.47. The van der Waals surface area contributed by atoms with Gasteiger partial charge in [0, 0.05) is 12.6 Å². The fraction of sp³-hybridized carbons (Fsp3) is 0.938. The molecule has 2 aliphatic rings. The fourth-order valence-electron chi connectivity index (χ4n) is 3.90. The molecule has 1 aliphatic carbocycles. The topological polar surface area (TPSA) is 55.6 Å². The summed E-state index contributed by atoms with van der Waals surface area (Å²) in [5, 5.41) is 0. The third-order valence-electron chi connectivity index (χ3n) is 5.06. The van der Waals surface area contributed by atoms with Crippen molar-refractivity contribution in [2.45, 2.75) is 52.0 Å². The van der Waals surface area contributed by atoms with Crippen LogP contribution in [0.3, 0.4) is 0 Å². The predicted molar refractivity (Wildman–Crippen MR) is 80.3 cm³/mol. The summed E-state index contributed by atoms with van der Waals surface area (Å²) in [7, 11) is 0. The van der Waals surface area contributed by atoms with E-state index in [1.165, 1.54) is 19.3 Å². The average molecular weight is 282 g/mol. The lowest BCUT2D eigenvalue weighted by atomic mass is 9.77. The van der Waals surface area contributed by atoms with Crippen LogP contribution < -0.4 is 5.73 Å². The SMILES string of the molecule is CCOC(=O)C1CCCN(C2CC(C)CCC2CN)C1. The van der Waals surface area contributed by atoms with E-state index in [2.05, 4.69) is 11.8 Å². The third-order valence-corrected chi connectivity index (χ3v) is 5.06. The molecule has 0 aromatic rings. The molecule has 1 heterocycles. The quantitative estimate of drug-likeness (QED) is 0.802. The Morgan fingerprint density at radius 2 is 2.15 bits per heavy atom. The van der Waals surface area contributed by atoms with Crippen LogP contribution in [0.5, 0.6) is 0 Å². The van der Waals surface area contributed by atoms with Crippen molar-refractivity contribution in [1.82, 2.24) is 4.90 Å². The van der Waals surface area contributed by atoms with E-state index in [0.29, 0.717) is 18.6 Å². The fourth-order valence-corrected chi connectivity index (χ4v) is 3.90. The highest BCUT2D eigenvalue weighted by Crippen LogP contribution is 2.34. The van der Waals surface area contributed by atoms with E-state index in [9.17, 15) is 4.79 Å². The van der Waals surface area contributed by atoms with E-state index in [0.717, 1.165) is 38.4 Å². The molecule has 2 fully saturated rings. The van der Waals surface area contributed by atoms with E-state index in [1.807, 2.05) is 6.92 Å². The van der Waals surface area contributed by atoms with Crippen LogP contribution in [-0.2, 0) is 9.53 Å². The first-order valence-electron chi connectivity index (χ1n) is 8.26. The minimum atomic E-state index is -0.00893. The smallest absolute Gasteiger partial charge is 0.310 e. The number of carbonyl (C=O) groups excluding carboxylic acids is 1. The number of hydrogen-bond acceptors (Lipinski definition) is 4. The number of nitrogens with two attached hydrogens (primary N) is 1. The standard InChI is InChI=1S/C16H30N2O2/c1-3-20-16(19)14-5-4-8-18(11-14)15-9-12(2)6-7-13(15)10-17/h12-15H,3-11,17H2,1-2H3. The Balaban J connectivity index is 1.97. The molecule has 0 amide bonds. The molecule has 2 rings (SSSR count).